The molecule has 2 fully saturated rings. The number of benzene rings is 1. The zero-order valence-electron chi connectivity index (χ0n) is 12.9. The molecule has 132 valence electrons. The van der Waals surface area contributed by atoms with E-state index in [1.807, 2.05) is 6.92 Å². The third-order valence-electron chi connectivity index (χ3n) is 4.68. The predicted octanol–water partition coefficient (Wildman–Crippen LogP) is 2.46. The lowest BCUT2D eigenvalue weighted by Crippen LogP contribution is -2.65. The molecule has 0 aromatic heterocycles. The summed E-state index contributed by atoms with van der Waals surface area (Å²) in [4.78, 5) is 14.0. The Hall–Kier alpha value is -2.15. The fraction of sp³-hybridized carbons (Fsp3) is 0.471. The first kappa shape index (κ1) is 18.2. The lowest BCUT2D eigenvalue weighted by molar-refractivity contribution is -0.153. The second-order valence-corrected chi connectivity index (χ2v) is 6.13. The quantitative estimate of drug-likeness (QED) is 0.824. The van der Waals surface area contributed by atoms with Crippen LogP contribution in [0, 0.1) is 17.6 Å². The molecule has 0 bridgehead atoms. The van der Waals surface area contributed by atoms with Crippen molar-refractivity contribution in [2.24, 2.45) is 5.92 Å². The van der Waals surface area contributed by atoms with Gasteiger partial charge in [-0.1, -0.05) is 14.0 Å². The molecular formula is C17H22F2N2O3. The number of nitrogens with zero attached hydrogens (tertiary/aromatic N) is 1. The van der Waals surface area contributed by atoms with Crippen LogP contribution < -0.4 is 5.32 Å². The van der Waals surface area contributed by atoms with Gasteiger partial charge in [-0.05, 0) is 19.4 Å². The number of hydrogen-bond donors (Lipinski definition) is 2. The lowest BCUT2D eigenvalue weighted by Gasteiger charge is -2.51. The van der Waals surface area contributed by atoms with Gasteiger partial charge in [0.15, 0.2) is 11.6 Å². The molecule has 1 aromatic carbocycles. The number of rotatable bonds is 1. The van der Waals surface area contributed by atoms with Gasteiger partial charge in [0.2, 0.25) is 5.91 Å². The molecule has 2 saturated heterocycles. The van der Waals surface area contributed by atoms with Crippen LogP contribution >= 0.6 is 0 Å². The minimum Gasteiger partial charge on any atom is -0.505 e. The normalized spacial score (nSPS) is 29.6. The van der Waals surface area contributed by atoms with Gasteiger partial charge in [-0.2, -0.15) is 0 Å². The van der Waals surface area contributed by atoms with E-state index in [0.717, 1.165) is 6.07 Å². The number of phenolic OH excluding ortho intramolecular Hbond substituents is 1. The third kappa shape index (κ3) is 2.53. The summed E-state index contributed by atoms with van der Waals surface area (Å²) in [6, 6.07) is 1.62. The van der Waals surface area contributed by atoms with Crippen LogP contribution in [0.2, 0.25) is 0 Å². The number of amides is 1. The van der Waals surface area contributed by atoms with Crippen LogP contribution in [-0.4, -0.2) is 35.7 Å². The van der Waals surface area contributed by atoms with E-state index >= 15 is 0 Å². The number of ether oxygens (including phenoxy) is 1. The molecule has 0 spiro atoms. The molecule has 0 unspecified atom stereocenters. The minimum absolute atomic E-state index is 0. The maximum Gasteiger partial charge on any atom is 0.233 e. The average Bonchev–Trinajstić information content (AvgIpc) is 2.50. The minimum atomic E-state index is -1.22. The summed E-state index contributed by atoms with van der Waals surface area (Å²) in [5, 5.41) is 12.7. The number of phenols is 1. The Morgan fingerprint density at radius 3 is 2.75 bits per heavy atom. The van der Waals surface area contributed by atoms with Crippen molar-refractivity contribution in [3.63, 3.8) is 0 Å². The fourth-order valence-electron chi connectivity index (χ4n) is 3.33. The standard InChI is InChI=1S/C16H18F2N2O3.CH4/c1-8-4-11-15(22)20(3)9(2)19-16(11,7-23-8)10-5-14(21)13(18)6-12(10)17;/h5-6,8,11,19,21H,2,4,7H2,1,3H3;1H4/t8-,11-,16+;/m0./s1. The number of halogens is 2. The SMILES string of the molecule is C.C=C1N[C@@]2(c3cc(O)c(F)cc3F)CO[C@@H](C)C[C@H]2C(=O)N1C. The number of hydrogen-bond acceptors (Lipinski definition) is 4. The molecule has 7 heteroatoms. The van der Waals surface area contributed by atoms with E-state index < -0.39 is 28.8 Å². The van der Waals surface area contributed by atoms with Gasteiger partial charge in [0.25, 0.3) is 0 Å². The second kappa shape index (κ2) is 6.05. The zero-order valence-corrected chi connectivity index (χ0v) is 12.9. The lowest BCUT2D eigenvalue weighted by atomic mass is 9.72. The summed E-state index contributed by atoms with van der Waals surface area (Å²) in [6.45, 7) is 5.62. The Morgan fingerprint density at radius 1 is 1.42 bits per heavy atom. The van der Waals surface area contributed by atoms with E-state index in [9.17, 15) is 18.7 Å². The van der Waals surface area contributed by atoms with Crippen LogP contribution in [0.5, 0.6) is 5.75 Å². The summed E-state index contributed by atoms with van der Waals surface area (Å²) in [7, 11) is 1.58. The van der Waals surface area contributed by atoms with Gasteiger partial charge in [-0.15, -0.1) is 0 Å². The molecule has 0 aliphatic carbocycles. The van der Waals surface area contributed by atoms with E-state index in [4.69, 9.17) is 4.74 Å². The molecule has 5 nitrogen and oxygen atoms in total. The van der Waals surface area contributed by atoms with Gasteiger partial charge < -0.3 is 20.1 Å². The number of carbonyl (C=O) groups excluding carboxylic acids is 1. The van der Waals surface area contributed by atoms with E-state index in [2.05, 4.69) is 11.9 Å². The maximum atomic E-state index is 14.4. The van der Waals surface area contributed by atoms with Crippen molar-refractivity contribution < 1.29 is 23.4 Å². The highest BCUT2D eigenvalue weighted by Crippen LogP contribution is 2.44. The Bertz CT molecular complexity index is 695. The van der Waals surface area contributed by atoms with Gasteiger partial charge in [-0.25, -0.2) is 8.78 Å². The first-order valence-corrected chi connectivity index (χ1v) is 7.31. The smallest absolute Gasteiger partial charge is 0.233 e. The Labute approximate surface area is 139 Å². The van der Waals surface area contributed by atoms with Crippen molar-refractivity contribution in [2.45, 2.75) is 32.4 Å². The molecule has 1 amide bonds. The van der Waals surface area contributed by atoms with Crippen LogP contribution in [0.3, 0.4) is 0 Å². The third-order valence-corrected chi connectivity index (χ3v) is 4.68. The first-order chi connectivity index (χ1) is 10.8. The number of nitrogens with one attached hydrogen (secondary N) is 1. The predicted molar refractivity (Wildman–Crippen MR) is 85.0 cm³/mol. The maximum absolute atomic E-state index is 14.4. The van der Waals surface area contributed by atoms with Crippen molar-refractivity contribution in [1.29, 1.82) is 0 Å². The number of aromatic hydroxyl groups is 1. The summed E-state index contributed by atoms with van der Waals surface area (Å²) in [6.07, 6.45) is 0.205. The molecule has 2 heterocycles. The second-order valence-electron chi connectivity index (χ2n) is 6.13. The summed E-state index contributed by atoms with van der Waals surface area (Å²) < 4.78 is 33.5. The molecular weight excluding hydrogens is 318 g/mol. The highest BCUT2D eigenvalue weighted by Gasteiger charge is 2.54. The van der Waals surface area contributed by atoms with E-state index in [0.29, 0.717) is 18.3 Å². The highest BCUT2D eigenvalue weighted by molar-refractivity contribution is 5.83. The Balaban J connectivity index is 0.00000208. The molecule has 2 N–H and O–H groups in total. The Kier molecular flexibility index (Phi) is 4.59. The van der Waals surface area contributed by atoms with Crippen molar-refractivity contribution in [3.05, 3.63) is 41.7 Å². The molecule has 0 radical (unpaired) electrons. The molecule has 3 atom stereocenters. The van der Waals surface area contributed by atoms with Gasteiger partial charge >= 0.3 is 0 Å². The summed E-state index contributed by atoms with van der Waals surface area (Å²) in [5.41, 5.74) is -1.22. The fourth-order valence-corrected chi connectivity index (χ4v) is 3.33. The van der Waals surface area contributed by atoms with Crippen LogP contribution in [0.15, 0.2) is 24.5 Å². The Morgan fingerprint density at radius 2 is 2.08 bits per heavy atom. The molecule has 2 aliphatic rings. The zero-order chi connectivity index (χ0) is 16.9. The van der Waals surface area contributed by atoms with Gasteiger partial charge in [0.05, 0.1) is 18.6 Å². The van der Waals surface area contributed by atoms with Crippen LogP contribution in [0.25, 0.3) is 0 Å². The van der Waals surface area contributed by atoms with Crippen LogP contribution in [0.1, 0.15) is 26.3 Å². The largest absolute Gasteiger partial charge is 0.505 e. The first-order valence-electron chi connectivity index (χ1n) is 7.31. The van der Waals surface area contributed by atoms with Crippen molar-refractivity contribution in [2.75, 3.05) is 13.7 Å². The molecule has 24 heavy (non-hydrogen) atoms. The van der Waals surface area contributed by atoms with E-state index in [1.54, 1.807) is 7.05 Å². The van der Waals surface area contributed by atoms with E-state index in [-0.39, 0.29) is 31.6 Å². The van der Waals surface area contributed by atoms with Crippen molar-refractivity contribution >= 4 is 5.91 Å². The average molecular weight is 340 g/mol. The molecule has 2 aliphatic heterocycles. The molecule has 0 saturated carbocycles. The number of fused-ring (bicyclic) bond motifs is 1. The highest BCUT2D eigenvalue weighted by atomic mass is 19.1. The molecule has 1 aromatic rings. The summed E-state index contributed by atoms with van der Waals surface area (Å²) in [5.74, 6) is -3.10. The van der Waals surface area contributed by atoms with Gasteiger partial charge in [0, 0.05) is 18.7 Å². The monoisotopic (exact) mass is 340 g/mol. The number of carbonyl (C=O) groups is 1. The topological polar surface area (TPSA) is 61.8 Å². The van der Waals surface area contributed by atoms with Crippen LogP contribution in [0.4, 0.5) is 8.78 Å². The van der Waals surface area contributed by atoms with E-state index in [1.165, 1.54) is 4.90 Å². The van der Waals surface area contributed by atoms with Crippen molar-refractivity contribution in [3.8, 4) is 5.75 Å². The van der Waals surface area contributed by atoms with Gasteiger partial charge in [0.1, 0.15) is 17.2 Å². The molecule has 3 rings (SSSR count). The van der Waals surface area contributed by atoms with Crippen molar-refractivity contribution in [1.82, 2.24) is 10.2 Å². The van der Waals surface area contributed by atoms with Crippen LogP contribution in [-0.2, 0) is 15.1 Å². The van der Waals surface area contributed by atoms with Gasteiger partial charge in [-0.3, -0.25) is 4.79 Å². The summed E-state index contributed by atoms with van der Waals surface area (Å²) >= 11 is 0.